The van der Waals surface area contributed by atoms with Gasteiger partial charge in [0.15, 0.2) is 0 Å². The molecule has 0 radical (unpaired) electrons. The summed E-state index contributed by atoms with van der Waals surface area (Å²) in [5.41, 5.74) is 0. The van der Waals surface area contributed by atoms with Gasteiger partial charge in [0, 0.05) is 12.8 Å². The van der Waals surface area contributed by atoms with Crippen LogP contribution in [0.4, 0.5) is 0 Å². The topological polar surface area (TPSA) is 28.2 Å². The van der Waals surface area contributed by atoms with Gasteiger partial charge < -0.3 is 16.7 Å². The maximum atomic E-state index is 6.25. The zero-order valence-electron chi connectivity index (χ0n) is 13.2. The van der Waals surface area contributed by atoms with Crippen LogP contribution >= 0.6 is 0 Å². The fraction of sp³-hybridized carbons (Fsp3) is 0.941. The zero-order chi connectivity index (χ0) is 14.3. The average molecular weight is 266 g/mol. The molecule has 0 aromatic rings. The Kier molecular flexibility index (Phi) is 13.5. The van der Waals surface area contributed by atoms with Gasteiger partial charge in [0.2, 0.25) is 0 Å². The SMILES string of the molecule is CCCCCCCCCCC[NH+]1CCCC1C.[C-]#N. The van der Waals surface area contributed by atoms with Gasteiger partial charge in [-0.15, -0.1) is 0 Å². The van der Waals surface area contributed by atoms with E-state index in [-0.39, 0.29) is 0 Å². The summed E-state index contributed by atoms with van der Waals surface area (Å²) in [4.78, 5) is 1.88. The fourth-order valence-electron chi connectivity index (χ4n) is 3.12. The van der Waals surface area contributed by atoms with Gasteiger partial charge in [-0.1, -0.05) is 51.9 Å². The maximum absolute atomic E-state index is 6.25. The number of hydrogen-bond acceptors (Lipinski definition) is 1. The molecule has 1 aliphatic rings. The Morgan fingerprint density at radius 2 is 1.47 bits per heavy atom. The summed E-state index contributed by atoms with van der Waals surface area (Å²) < 4.78 is 0. The van der Waals surface area contributed by atoms with Gasteiger partial charge in [0.1, 0.15) is 0 Å². The molecule has 1 saturated heterocycles. The molecule has 1 rings (SSSR count). The minimum atomic E-state index is 0.948. The van der Waals surface area contributed by atoms with Crippen LogP contribution in [0.3, 0.4) is 0 Å². The zero-order valence-corrected chi connectivity index (χ0v) is 13.2. The van der Waals surface area contributed by atoms with E-state index < -0.39 is 0 Å². The van der Waals surface area contributed by atoms with Crippen molar-refractivity contribution in [2.75, 3.05) is 13.1 Å². The Balaban J connectivity index is 0.00000154. The largest absolute Gasteiger partial charge is 0.512 e. The highest BCUT2D eigenvalue weighted by Crippen LogP contribution is 2.09. The first kappa shape index (κ1) is 18.4. The molecule has 2 unspecified atom stereocenters. The van der Waals surface area contributed by atoms with Crippen molar-refractivity contribution in [2.45, 2.75) is 90.5 Å². The van der Waals surface area contributed by atoms with Gasteiger partial charge in [-0.05, 0) is 19.8 Å². The van der Waals surface area contributed by atoms with Crippen LogP contribution in [0.1, 0.15) is 84.5 Å². The molecule has 0 amide bonds. The van der Waals surface area contributed by atoms with Crippen LogP contribution in [0.25, 0.3) is 0 Å². The first-order chi connectivity index (χ1) is 9.34. The summed E-state index contributed by atoms with van der Waals surface area (Å²) in [7, 11) is 0. The van der Waals surface area contributed by atoms with E-state index in [1.165, 1.54) is 83.7 Å². The van der Waals surface area contributed by atoms with Gasteiger partial charge >= 0.3 is 0 Å². The van der Waals surface area contributed by atoms with Gasteiger partial charge in [-0.3, -0.25) is 0 Å². The lowest BCUT2D eigenvalue weighted by Gasteiger charge is -2.17. The molecule has 0 spiro atoms. The molecule has 0 aromatic heterocycles. The molecule has 19 heavy (non-hydrogen) atoms. The number of nitrogens with one attached hydrogen (secondary N) is 1. The van der Waals surface area contributed by atoms with E-state index in [1.807, 2.05) is 4.90 Å². The van der Waals surface area contributed by atoms with Crippen LogP contribution in [-0.2, 0) is 0 Å². The van der Waals surface area contributed by atoms with Gasteiger partial charge in [-0.2, -0.15) is 0 Å². The van der Waals surface area contributed by atoms with Crippen LogP contribution in [0.2, 0.25) is 0 Å². The van der Waals surface area contributed by atoms with Crippen molar-refractivity contribution >= 4 is 0 Å². The Bertz CT molecular complexity index is 201. The molecule has 1 heterocycles. The number of rotatable bonds is 10. The quantitative estimate of drug-likeness (QED) is 0.474. The predicted octanol–water partition coefficient (Wildman–Crippen LogP) is 3.68. The third kappa shape index (κ3) is 9.96. The normalized spacial score (nSPS) is 21.9. The summed E-state index contributed by atoms with van der Waals surface area (Å²) in [5, 5.41) is 6.25. The number of hydrogen-bond donors (Lipinski definition) is 1. The molecule has 2 atom stereocenters. The maximum Gasteiger partial charge on any atom is 0.0848 e. The monoisotopic (exact) mass is 266 g/mol. The minimum Gasteiger partial charge on any atom is -0.512 e. The van der Waals surface area contributed by atoms with Gasteiger partial charge in [-0.25, -0.2) is 0 Å². The molecule has 0 aromatic carbocycles. The van der Waals surface area contributed by atoms with Crippen molar-refractivity contribution in [2.24, 2.45) is 0 Å². The molecular formula is C17H34N2. The van der Waals surface area contributed by atoms with Crippen molar-refractivity contribution in [1.82, 2.24) is 0 Å². The molecule has 2 heteroatoms. The van der Waals surface area contributed by atoms with Crippen LogP contribution in [-0.4, -0.2) is 19.1 Å². The average Bonchev–Trinajstić information content (AvgIpc) is 2.85. The van der Waals surface area contributed by atoms with Crippen LogP contribution in [0.15, 0.2) is 0 Å². The highest BCUT2D eigenvalue weighted by Gasteiger charge is 2.22. The van der Waals surface area contributed by atoms with E-state index in [1.54, 1.807) is 0 Å². The van der Waals surface area contributed by atoms with Gasteiger partial charge in [0.25, 0.3) is 0 Å². The van der Waals surface area contributed by atoms with E-state index in [2.05, 4.69) is 13.8 Å². The second-order valence-corrected chi connectivity index (χ2v) is 6.03. The molecule has 1 N–H and O–H groups in total. The van der Waals surface area contributed by atoms with Crippen molar-refractivity contribution in [1.29, 1.82) is 5.26 Å². The highest BCUT2D eigenvalue weighted by molar-refractivity contribution is 4.56. The third-order valence-electron chi connectivity index (χ3n) is 4.43. The number of likely N-dealkylation sites (tertiary alicyclic amines) is 1. The minimum absolute atomic E-state index is 0.948. The lowest BCUT2D eigenvalue weighted by Crippen LogP contribution is -3.13. The van der Waals surface area contributed by atoms with E-state index in [9.17, 15) is 0 Å². The van der Waals surface area contributed by atoms with Crippen molar-refractivity contribution in [3.63, 3.8) is 0 Å². The summed E-state index contributed by atoms with van der Waals surface area (Å²) in [6, 6.07) is 0.948. The summed E-state index contributed by atoms with van der Waals surface area (Å²) in [5.74, 6) is 0. The lowest BCUT2D eigenvalue weighted by molar-refractivity contribution is -0.910. The summed E-state index contributed by atoms with van der Waals surface area (Å²) >= 11 is 0. The van der Waals surface area contributed by atoms with E-state index in [0.717, 1.165) is 6.04 Å². The molecule has 1 aliphatic heterocycles. The van der Waals surface area contributed by atoms with E-state index in [4.69, 9.17) is 11.8 Å². The third-order valence-corrected chi connectivity index (χ3v) is 4.43. The molecule has 2 nitrogen and oxygen atoms in total. The van der Waals surface area contributed by atoms with Crippen LogP contribution < -0.4 is 4.90 Å². The molecule has 0 saturated carbocycles. The second-order valence-electron chi connectivity index (χ2n) is 6.03. The first-order valence-electron chi connectivity index (χ1n) is 8.41. The van der Waals surface area contributed by atoms with Crippen molar-refractivity contribution in [3.05, 3.63) is 6.57 Å². The molecule has 1 fully saturated rings. The lowest BCUT2D eigenvalue weighted by atomic mass is 10.1. The number of unbranched alkanes of at least 4 members (excludes halogenated alkanes) is 8. The highest BCUT2D eigenvalue weighted by atomic mass is 15.2. The number of nitrogens with zero attached hydrogens (tertiary/aromatic N) is 1. The van der Waals surface area contributed by atoms with E-state index in [0.29, 0.717) is 0 Å². The smallest absolute Gasteiger partial charge is 0.0848 e. The Morgan fingerprint density at radius 3 is 1.95 bits per heavy atom. The molecule has 112 valence electrons. The van der Waals surface area contributed by atoms with E-state index >= 15 is 0 Å². The summed E-state index contributed by atoms with van der Waals surface area (Å²) in [6.45, 7) is 12.4. The molecule has 0 bridgehead atoms. The van der Waals surface area contributed by atoms with Crippen molar-refractivity contribution < 1.29 is 4.90 Å². The molecular weight excluding hydrogens is 232 g/mol. The second kappa shape index (κ2) is 13.9. The standard InChI is InChI=1S/C16H33N.CN/c1-3-4-5-6-7-8-9-10-11-14-17-15-12-13-16(17)2;1-2/h16H,3-15H2,1-2H3;/q;-1/p+1. The Hall–Kier alpha value is -0.550. The first-order valence-corrected chi connectivity index (χ1v) is 8.41. The Labute approximate surface area is 121 Å². The molecule has 0 aliphatic carbocycles. The van der Waals surface area contributed by atoms with Gasteiger partial charge in [0.05, 0.1) is 19.1 Å². The predicted molar refractivity (Wildman–Crippen MR) is 81.6 cm³/mol. The Morgan fingerprint density at radius 1 is 0.947 bits per heavy atom. The van der Waals surface area contributed by atoms with Crippen LogP contribution in [0.5, 0.6) is 0 Å². The van der Waals surface area contributed by atoms with Crippen molar-refractivity contribution in [3.8, 4) is 0 Å². The number of quaternary nitrogens is 1. The van der Waals surface area contributed by atoms with Crippen LogP contribution in [0, 0.1) is 11.8 Å². The summed E-state index contributed by atoms with van der Waals surface area (Å²) in [6.07, 6.45) is 16.1. The fourth-order valence-corrected chi connectivity index (χ4v) is 3.12.